The molecule has 3 rings (SSSR count). The molecule has 0 aliphatic rings. The highest BCUT2D eigenvalue weighted by Crippen LogP contribution is 2.30. The molecular weight excluding hydrogens is 393 g/mol. The molecule has 0 saturated carbocycles. The Kier molecular flexibility index (Phi) is 6.56. The number of ether oxygens (including phenoxy) is 1. The number of hydrogen-bond acceptors (Lipinski definition) is 5. The molecule has 0 aliphatic heterocycles. The zero-order valence-corrected chi connectivity index (χ0v) is 17.4. The minimum Gasteiger partial charge on any atom is -0.465 e. The Hall–Kier alpha value is -2.84. The topological polar surface area (TPSA) is 63.9 Å². The fourth-order valence-corrected chi connectivity index (χ4v) is 3.91. The van der Waals surface area contributed by atoms with Crippen molar-refractivity contribution in [1.82, 2.24) is 4.98 Å². The number of carbonyl (C=O) groups excluding carboxylic acids is 2. The van der Waals surface area contributed by atoms with Crippen LogP contribution in [0.5, 0.6) is 0 Å². The number of hydrogen-bond donors (Lipinski definition) is 1. The first-order valence-electron chi connectivity index (χ1n) is 9.24. The monoisotopic (exact) mass is 416 g/mol. The van der Waals surface area contributed by atoms with Gasteiger partial charge in [-0.1, -0.05) is 11.3 Å². The number of amides is 1. The zero-order chi connectivity index (χ0) is 21.0. The number of halogens is 1. The zero-order valence-electron chi connectivity index (χ0n) is 16.6. The number of esters is 1. The summed E-state index contributed by atoms with van der Waals surface area (Å²) in [5, 5.41) is 0.529. The van der Waals surface area contributed by atoms with Crippen LogP contribution in [0.4, 0.5) is 9.52 Å². The molecule has 1 amide bonds. The van der Waals surface area contributed by atoms with E-state index in [2.05, 4.69) is 19.1 Å². The minimum absolute atomic E-state index is 0.213. The van der Waals surface area contributed by atoms with Crippen LogP contribution in [0.2, 0.25) is 0 Å². The van der Waals surface area contributed by atoms with E-state index in [0.717, 1.165) is 13.0 Å². The highest BCUT2D eigenvalue weighted by atomic mass is 32.1. The maximum absolute atomic E-state index is 13.6. The number of fused-ring (bicyclic) bond motifs is 1. The van der Waals surface area contributed by atoms with Crippen LogP contribution in [0.15, 0.2) is 42.5 Å². The Morgan fingerprint density at radius 2 is 1.83 bits per heavy atom. The number of benzene rings is 2. The molecule has 152 valence electrons. The molecule has 1 N–H and O–H groups in total. The molecule has 0 atom stereocenters. The van der Waals surface area contributed by atoms with E-state index in [1.807, 2.05) is 0 Å². The first-order chi connectivity index (χ1) is 13.9. The second kappa shape index (κ2) is 9.11. The summed E-state index contributed by atoms with van der Waals surface area (Å²) < 4.78 is 18.9. The summed E-state index contributed by atoms with van der Waals surface area (Å²) in [5.41, 5.74) is 1.48. The number of carbonyl (C=O) groups is 2. The van der Waals surface area contributed by atoms with Crippen molar-refractivity contribution >= 4 is 38.6 Å². The number of thiazole rings is 1. The van der Waals surface area contributed by atoms with Gasteiger partial charge in [-0.15, -0.1) is 0 Å². The van der Waals surface area contributed by atoms with Gasteiger partial charge in [0, 0.05) is 18.5 Å². The third kappa shape index (κ3) is 4.96. The number of nitrogens with one attached hydrogen (secondary N) is 1. The standard InChI is InChI=1S/C21H22FN3O3S/c1-24(2)11-4-12-25(21-23-17-10-9-16(22)13-18(17)29-21)19(26)14-5-7-15(8-6-14)20(27)28-3/h5-10,13H,4,11-12H2,1-3H3/p+1. The van der Waals surface area contributed by atoms with Gasteiger partial charge in [-0.2, -0.15) is 0 Å². The Balaban J connectivity index is 1.91. The summed E-state index contributed by atoms with van der Waals surface area (Å²) in [4.78, 5) is 32.3. The molecule has 0 spiro atoms. The molecule has 1 heterocycles. The van der Waals surface area contributed by atoms with Crippen molar-refractivity contribution in [2.24, 2.45) is 0 Å². The van der Waals surface area contributed by atoms with E-state index < -0.39 is 5.97 Å². The molecule has 0 aliphatic carbocycles. The molecule has 2 aromatic carbocycles. The molecule has 6 nitrogen and oxygen atoms in total. The van der Waals surface area contributed by atoms with Crippen LogP contribution >= 0.6 is 11.3 Å². The Morgan fingerprint density at radius 3 is 2.48 bits per heavy atom. The first-order valence-corrected chi connectivity index (χ1v) is 10.1. The van der Waals surface area contributed by atoms with Crippen molar-refractivity contribution in [1.29, 1.82) is 0 Å². The summed E-state index contributed by atoms with van der Waals surface area (Å²) >= 11 is 1.29. The largest absolute Gasteiger partial charge is 0.465 e. The third-order valence-electron chi connectivity index (χ3n) is 4.43. The predicted molar refractivity (Wildman–Crippen MR) is 111 cm³/mol. The van der Waals surface area contributed by atoms with E-state index in [4.69, 9.17) is 4.74 Å². The Morgan fingerprint density at radius 1 is 1.14 bits per heavy atom. The van der Waals surface area contributed by atoms with E-state index in [9.17, 15) is 14.0 Å². The van der Waals surface area contributed by atoms with E-state index in [0.29, 0.717) is 33.0 Å². The summed E-state index contributed by atoms with van der Waals surface area (Å²) in [6.45, 7) is 1.38. The lowest BCUT2D eigenvalue weighted by Gasteiger charge is -2.20. The predicted octanol–water partition coefficient (Wildman–Crippen LogP) is 2.40. The molecule has 1 aromatic heterocycles. The average Bonchev–Trinajstić information content (AvgIpc) is 3.12. The van der Waals surface area contributed by atoms with E-state index in [1.165, 1.54) is 35.5 Å². The van der Waals surface area contributed by atoms with Gasteiger partial charge < -0.3 is 9.64 Å². The van der Waals surface area contributed by atoms with Crippen molar-refractivity contribution in [2.75, 3.05) is 39.2 Å². The lowest BCUT2D eigenvalue weighted by molar-refractivity contribution is -0.858. The van der Waals surface area contributed by atoms with Crippen LogP contribution in [-0.2, 0) is 4.74 Å². The normalized spacial score (nSPS) is 11.1. The van der Waals surface area contributed by atoms with Gasteiger partial charge in [0.05, 0.1) is 43.5 Å². The summed E-state index contributed by atoms with van der Waals surface area (Å²) in [6.07, 6.45) is 0.790. The molecule has 0 fully saturated rings. The van der Waals surface area contributed by atoms with Crippen molar-refractivity contribution < 1.29 is 23.6 Å². The second-order valence-corrected chi connectivity index (χ2v) is 7.95. The summed E-state index contributed by atoms with van der Waals surface area (Å²) in [7, 11) is 5.42. The fourth-order valence-electron chi connectivity index (χ4n) is 2.90. The van der Waals surface area contributed by atoms with Crippen LogP contribution in [-0.4, -0.2) is 51.2 Å². The fraction of sp³-hybridized carbons (Fsp3) is 0.286. The lowest BCUT2D eigenvalue weighted by Crippen LogP contribution is -3.05. The lowest BCUT2D eigenvalue weighted by atomic mass is 10.1. The van der Waals surface area contributed by atoms with Crippen LogP contribution in [0.25, 0.3) is 10.2 Å². The third-order valence-corrected chi connectivity index (χ3v) is 5.47. The van der Waals surface area contributed by atoms with Gasteiger partial charge in [-0.25, -0.2) is 14.2 Å². The number of quaternary nitrogens is 1. The molecule has 8 heteroatoms. The van der Waals surface area contributed by atoms with Crippen molar-refractivity contribution in [3.8, 4) is 0 Å². The SMILES string of the molecule is COC(=O)c1ccc(C(=O)N(CCC[NH+](C)C)c2nc3ccc(F)cc3s2)cc1. The molecule has 0 saturated heterocycles. The average molecular weight is 416 g/mol. The molecular formula is C21H23FN3O3S+. The maximum atomic E-state index is 13.6. The van der Waals surface area contributed by atoms with Gasteiger partial charge in [0.25, 0.3) is 5.91 Å². The van der Waals surface area contributed by atoms with E-state index >= 15 is 0 Å². The number of anilines is 1. The van der Waals surface area contributed by atoms with E-state index in [-0.39, 0.29) is 11.7 Å². The van der Waals surface area contributed by atoms with Crippen molar-refractivity contribution in [2.45, 2.75) is 6.42 Å². The Labute approximate surface area is 172 Å². The highest BCUT2D eigenvalue weighted by molar-refractivity contribution is 7.22. The van der Waals surface area contributed by atoms with E-state index in [1.54, 1.807) is 35.2 Å². The number of rotatable bonds is 7. The van der Waals surface area contributed by atoms with Gasteiger partial charge in [-0.3, -0.25) is 9.69 Å². The minimum atomic E-state index is -0.456. The number of methoxy groups -OCH3 is 1. The second-order valence-electron chi connectivity index (χ2n) is 6.94. The molecule has 29 heavy (non-hydrogen) atoms. The summed E-state index contributed by atoms with van der Waals surface area (Å²) in [5.74, 6) is -1.00. The Bertz CT molecular complexity index is 1020. The van der Waals surface area contributed by atoms with Gasteiger partial charge >= 0.3 is 5.97 Å². The first kappa shape index (κ1) is 20.9. The van der Waals surface area contributed by atoms with Crippen LogP contribution in [0.3, 0.4) is 0 Å². The van der Waals surface area contributed by atoms with Gasteiger partial charge in [0.2, 0.25) is 0 Å². The molecule has 0 radical (unpaired) electrons. The number of nitrogens with zero attached hydrogens (tertiary/aromatic N) is 2. The molecule has 0 bridgehead atoms. The van der Waals surface area contributed by atoms with Crippen molar-refractivity contribution in [3.63, 3.8) is 0 Å². The highest BCUT2D eigenvalue weighted by Gasteiger charge is 2.22. The van der Waals surface area contributed by atoms with Crippen LogP contribution < -0.4 is 9.80 Å². The van der Waals surface area contributed by atoms with Gasteiger partial charge in [-0.05, 0) is 42.5 Å². The van der Waals surface area contributed by atoms with Gasteiger partial charge in [0.1, 0.15) is 5.82 Å². The van der Waals surface area contributed by atoms with Crippen LogP contribution in [0.1, 0.15) is 27.1 Å². The maximum Gasteiger partial charge on any atom is 0.337 e. The van der Waals surface area contributed by atoms with Gasteiger partial charge in [0.15, 0.2) is 5.13 Å². The van der Waals surface area contributed by atoms with Crippen LogP contribution in [0, 0.1) is 5.82 Å². The number of aromatic nitrogens is 1. The smallest absolute Gasteiger partial charge is 0.337 e. The molecule has 0 unspecified atom stereocenters. The quantitative estimate of drug-likeness (QED) is 0.601. The van der Waals surface area contributed by atoms with Crippen molar-refractivity contribution in [3.05, 3.63) is 59.4 Å². The summed E-state index contributed by atoms with van der Waals surface area (Å²) in [6, 6.07) is 10.7. The molecule has 3 aromatic rings.